The van der Waals surface area contributed by atoms with Crippen LogP contribution >= 0.6 is 24.0 Å². The summed E-state index contributed by atoms with van der Waals surface area (Å²) in [5, 5.41) is 11.5. The van der Waals surface area contributed by atoms with E-state index >= 15 is 0 Å². The lowest BCUT2D eigenvalue weighted by Gasteiger charge is -2.27. The molecular weight excluding hydrogens is 507 g/mol. The van der Waals surface area contributed by atoms with E-state index in [0.29, 0.717) is 13.2 Å². The number of hydrogen-bond donors (Lipinski definition) is 2. The first-order valence-corrected chi connectivity index (χ1v) is 10.6. The van der Waals surface area contributed by atoms with Gasteiger partial charge in [0.25, 0.3) is 0 Å². The molecule has 0 spiro atoms. The maximum absolute atomic E-state index is 5.38. The zero-order valence-corrected chi connectivity index (χ0v) is 21.5. The Morgan fingerprint density at radius 3 is 2.84 bits per heavy atom. The zero-order chi connectivity index (χ0) is 21.6. The van der Waals surface area contributed by atoms with Gasteiger partial charge in [-0.2, -0.15) is 5.10 Å². The van der Waals surface area contributed by atoms with Crippen molar-refractivity contribution in [2.45, 2.75) is 58.2 Å². The number of guanidine groups is 1. The van der Waals surface area contributed by atoms with E-state index < -0.39 is 0 Å². The van der Waals surface area contributed by atoms with Crippen LogP contribution in [-0.4, -0.2) is 54.1 Å². The SMILES string of the molecule is CCNC(=NCC(C)(C)c1cccc(OC)c1)NC1CCc2nc(COC)nn2C1.I. The molecule has 31 heavy (non-hydrogen) atoms. The Bertz CT molecular complexity index is 867. The number of methoxy groups -OCH3 is 2. The van der Waals surface area contributed by atoms with Gasteiger partial charge in [-0.05, 0) is 31.0 Å². The van der Waals surface area contributed by atoms with E-state index in [2.05, 4.69) is 53.6 Å². The lowest BCUT2D eigenvalue weighted by molar-refractivity contribution is 0.177. The van der Waals surface area contributed by atoms with Crippen molar-refractivity contribution in [3.8, 4) is 5.75 Å². The van der Waals surface area contributed by atoms with Crippen LogP contribution in [0.5, 0.6) is 5.75 Å². The molecule has 1 aromatic carbocycles. The largest absolute Gasteiger partial charge is 0.497 e. The van der Waals surface area contributed by atoms with Crippen molar-refractivity contribution < 1.29 is 9.47 Å². The Morgan fingerprint density at radius 2 is 2.13 bits per heavy atom. The second kappa shape index (κ2) is 11.7. The number of aliphatic imine (C=N–C) groups is 1. The monoisotopic (exact) mass is 542 g/mol. The second-order valence-electron chi connectivity index (χ2n) is 8.25. The molecule has 9 heteroatoms. The molecule has 1 atom stereocenters. The minimum Gasteiger partial charge on any atom is -0.497 e. The Labute approximate surface area is 202 Å². The molecule has 2 heterocycles. The number of nitrogens with zero attached hydrogens (tertiary/aromatic N) is 4. The molecule has 1 aliphatic rings. The van der Waals surface area contributed by atoms with Gasteiger partial charge in [0, 0.05) is 31.5 Å². The van der Waals surface area contributed by atoms with Crippen molar-refractivity contribution in [2.75, 3.05) is 27.3 Å². The van der Waals surface area contributed by atoms with E-state index in [1.807, 2.05) is 16.8 Å². The van der Waals surface area contributed by atoms with Crippen LogP contribution in [0.25, 0.3) is 0 Å². The molecule has 0 saturated heterocycles. The average Bonchev–Trinajstić information content (AvgIpc) is 3.14. The van der Waals surface area contributed by atoms with Crippen LogP contribution in [0.15, 0.2) is 29.3 Å². The highest BCUT2D eigenvalue weighted by Crippen LogP contribution is 2.26. The van der Waals surface area contributed by atoms with Crippen LogP contribution in [0.3, 0.4) is 0 Å². The predicted octanol–water partition coefficient (Wildman–Crippen LogP) is 2.90. The van der Waals surface area contributed by atoms with Crippen LogP contribution in [0, 0.1) is 0 Å². The molecule has 0 bridgehead atoms. The van der Waals surface area contributed by atoms with Gasteiger partial charge in [-0.15, -0.1) is 24.0 Å². The molecule has 1 aliphatic heterocycles. The minimum atomic E-state index is -0.114. The van der Waals surface area contributed by atoms with Crippen molar-refractivity contribution in [1.29, 1.82) is 0 Å². The van der Waals surface area contributed by atoms with Gasteiger partial charge in [-0.3, -0.25) is 4.99 Å². The summed E-state index contributed by atoms with van der Waals surface area (Å²) in [4.78, 5) is 9.44. The van der Waals surface area contributed by atoms with Crippen LogP contribution < -0.4 is 15.4 Å². The fourth-order valence-corrected chi connectivity index (χ4v) is 3.59. The number of hydrogen-bond acceptors (Lipinski definition) is 5. The van der Waals surface area contributed by atoms with E-state index in [1.165, 1.54) is 5.56 Å². The molecule has 2 aromatic rings. The molecule has 0 aliphatic carbocycles. The van der Waals surface area contributed by atoms with E-state index in [0.717, 1.165) is 49.3 Å². The summed E-state index contributed by atoms with van der Waals surface area (Å²) in [7, 11) is 3.36. The normalized spacial score (nSPS) is 16.3. The Balaban J connectivity index is 0.00000341. The lowest BCUT2D eigenvalue weighted by atomic mass is 9.84. The van der Waals surface area contributed by atoms with E-state index in [9.17, 15) is 0 Å². The predicted molar refractivity (Wildman–Crippen MR) is 133 cm³/mol. The highest BCUT2D eigenvalue weighted by atomic mass is 127. The van der Waals surface area contributed by atoms with Crippen molar-refractivity contribution in [3.05, 3.63) is 41.5 Å². The first-order valence-electron chi connectivity index (χ1n) is 10.6. The van der Waals surface area contributed by atoms with E-state index in [1.54, 1.807) is 14.2 Å². The third-order valence-electron chi connectivity index (χ3n) is 5.34. The molecule has 0 radical (unpaired) electrons. The number of ether oxygens (including phenoxy) is 2. The zero-order valence-electron chi connectivity index (χ0n) is 19.1. The first-order chi connectivity index (χ1) is 14.4. The van der Waals surface area contributed by atoms with E-state index in [4.69, 9.17) is 14.5 Å². The van der Waals surface area contributed by atoms with Gasteiger partial charge in [0.1, 0.15) is 18.2 Å². The summed E-state index contributed by atoms with van der Waals surface area (Å²) in [6, 6.07) is 8.46. The molecular formula is C22H35IN6O2. The summed E-state index contributed by atoms with van der Waals surface area (Å²) in [5.41, 5.74) is 1.09. The first kappa shape index (κ1) is 25.4. The third kappa shape index (κ3) is 6.80. The number of aromatic nitrogens is 3. The summed E-state index contributed by atoms with van der Waals surface area (Å²) in [6.07, 6.45) is 1.89. The molecule has 2 N–H and O–H groups in total. The van der Waals surface area contributed by atoms with Crippen LogP contribution in [0.1, 0.15) is 44.4 Å². The number of aryl methyl sites for hydroxylation is 1. The smallest absolute Gasteiger partial charge is 0.191 e. The Hall–Kier alpha value is -1.88. The maximum Gasteiger partial charge on any atom is 0.191 e. The van der Waals surface area contributed by atoms with Gasteiger partial charge in [0.15, 0.2) is 11.8 Å². The molecule has 172 valence electrons. The van der Waals surface area contributed by atoms with Gasteiger partial charge in [-0.1, -0.05) is 26.0 Å². The minimum absolute atomic E-state index is 0. The lowest BCUT2D eigenvalue weighted by Crippen LogP contribution is -2.47. The number of halogens is 1. The van der Waals surface area contributed by atoms with Gasteiger partial charge in [-0.25, -0.2) is 9.67 Å². The third-order valence-corrected chi connectivity index (χ3v) is 5.34. The van der Waals surface area contributed by atoms with Crippen molar-refractivity contribution in [2.24, 2.45) is 4.99 Å². The summed E-state index contributed by atoms with van der Waals surface area (Å²) < 4.78 is 12.5. The van der Waals surface area contributed by atoms with Gasteiger partial charge in [0.2, 0.25) is 0 Å². The maximum atomic E-state index is 5.38. The molecule has 3 rings (SSSR count). The van der Waals surface area contributed by atoms with Crippen LogP contribution in [0.2, 0.25) is 0 Å². The quantitative estimate of drug-likeness (QED) is 0.303. The number of nitrogens with one attached hydrogen (secondary N) is 2. The second-order valence-corrected chi connectivity index (χ2v) is 8.25. The molecule has 0 fully saturated rings. The summed E-state index contributed by atoms with van der Waals surface area (Å²) in [5.74, 6) is 3.47. The topological polar surface area (TPSA) is 85.6 Å². The van der Waals surface area contributed by atoms with Gasteiger partial charge in [0.05, 0.1) is 20.2 Å². The van der Waals surface area contributed by atoms with Gasteiger partial charge < -0.3 is 20.1 Å². The van der Waals surface area contributed by atoms with E-state index in [-0.39, 0.29) is 35.4 Å². The molecule has 0 saturated carbocycles. The highest BCUT2D eigenvalue weighted by Gasteiger charge is 2.24. The molecule has 1 aromatic heterocycles. The highest BCUT2D eigenvalue weighted by molar-refractivity contribution is 14.0. The Morgan fingerprint density at radius 1 is 1.32 bits per heavy atom. The molecule has 8 nitrogen and oxygen atoms in total. The number of benzene rings is 1. The van der Waals surface area contributed by atoms with Crippen molar-refractivity contribution >= 4 is 29.9 Å². The average molecular weight is 542 g/mol. The van der Waals surface area contributed by atoms with Crippen LogP contribution in [0.4, 0.5) is 0 Å². The summed E-state index contributed by atoms with van der Waals surface area (Å²) >= 11 is 0. The number of fused-ring (bicyclic) bond motifs is 1. The molecule has 1 unspecified atom stereocenters. The van der Waals surface area contributed by atoms with Gasteiger partial charge >= 0.3 is 0 Å². The fraction of sp³-hybridized carbons (Fsp3) is 0.591. The fourth-order valence-electron chi connectivity index (χ4n) is 3.59. The molecule has 0 amide bonds. The number of rotatable bonds is 8. The standard InChI is InChI=1S/C22H34N6O2.HI/c1-6-23-21(24-15-22(2,3)16-8-7-9-18(12-16)30-5)25-17-10-11-20-26-19(14-29-4)27-28(20)13-17;/h7-9,12,17H,6,10-11,13-15H2,1-5H3,(H2,23,24,25);1H. The van der Waals surface area contributed by atoms with Crippen LogP contribution in [-0.2, 0) is 29.7 Å². The van der Waals surface area contributed by atoms with Crippen molar-refractivity contribution in [1.82, 2.24) is 25.4 Å². The Kier molecular flexibility index (Phi) is 9.54. The summed E-state index contributed by atoms with van der Waals surface area (Å²) in [6.45, 7) is 9.18. The van der Waals surface area contributed by atoms with Crippen molar-refractivity contribution in [3.63, 3.8) is 0 Å².